The van der Waals surface area contributed by atoms with Gasteiger partial charge in [-0.2, -0.15) is 0 Å². The number of aromatic nitrogens is 5. The van der Waals surface area contributed by atoms with Crippen LogP contribution in [-0.4, -0.2) is 63.1 Å². The maximum Gasteiger partial charge on any atom is 0.158 e. The maximum absolute atomic E-state index is 6.04. The molecule has 1 saturated heterocycles. The molecule has 3 heterocycles. The first-order valence-corrected chi connectivity index (χ1v) is 8.89. The molecule has 1 aromatic carbocycles. The van der Waals surface area contributed by atoms with E-state index in [2.05, 4.69) is 54.7 Å². The third kappa shape index (κ3) is 3.64. The van der Waals surface area contributed by atoms with Gasteiger partial charge in [-0.3, -0.25) is 0 Å². The summed E-state index contributed by atoms with van der Waals surface area (Å²) in [5.41, 5.74) is 9.11. The van der Waals surface area contributed by atoms with Crippen LogP contribution in [0.25, 0.3) is 5.69 Å². The van der Waals surface area contributed by atoms with E-state index >= 15 is 0 Å². The van der Waals surface area contributed by atoms with Crippen molar-refractivity contribution in [2.24, 2.45) is 0 Å². The van der Waals surface area contributed by atoms with Crippen LogP contribution >= 0.6 is 11.6 Å². The molecular weight excluding hydrogens is 366 g/mol. The summed E-state index contributed by atoms with van der Waals surface area (Å²) in [6, 6.07) is 6.03. The van der Waals surface area contributed by atoms with Crippen molar-refractivity contribution in [2.45, 2.75) is 0 Å². The lowest BCUT2D eigenvalue weighted by Crippen LogP contribution is -2.44. The molecule has 4 rings (SSSR count). The molecule has 0 bridgehead atoms. The average molecular weight is 385 g/mol. The van der Waals surface area contributed by atoms with E-state index in [0.29, 0.717) is 11.5 Å². The third-order valence-corrected chi connectivity index (χ3v) is 4.86. The van der Waals surface area contributed by atoms with Crippen LogP contribution in [0.1, 0.15) is 0 Å². The van der Waals surface area contributed by atoms with Gasteiger partial charge in [0.2, 0.25) is 0 Å². The number of nitrogens with zero attached hydrogens (tertiary/aromatic N) is 7. The number of halogens is 1. The molecule has 1 aliphatic rings. The van der Waals surface area contributed by atoms with Crippen molar-refractivity contribution in [1.82, 2.24) is 29.9 Å². The summed E-state index contributed by atoms with van der Waals surface area (Å²) in [6.45, 7) is 3.87. The summed E-state index contributed by atoms with van der Waals surface area (Å²) < 4.78 is 1.65. The largest absolute Gasteiger partial charge is 0.393 e. The topological polar surface area (TPSA) is 101 Å². The molecule has 0 unspecified atom stereocenters. The van der Waals surface area contributed by atoms with Crippen LogP contribution in [0.5, 0.6) is 0 Å². The van der Waals surface area contributed by atoms with Gasteiger partial charge in [0.25, 0.3) is 0 Å². The second-order valence-electron chi connectivity index (χ2n) is 6.34. The smallest absolute Gasteiger partial charge is 0.158 e. The van der Waals surface area contributed by atoms with E-state index in [9.17, 15) is 0 Å². The number of benzene rings is 1. The monoisotopic (exact) mass is 384 g/mol. The molecule has 0 spiro atoms. The van der Waals surface area contributed by atoms with Gasteiger partial charge in [-0.15, -0.1) is 5.10 Å². The Balaban J connectivity index is 1.73. The molecule has 27 heavy (non-hydrogen) atoms. The van der Waals surface area contributed by atoms with Crippen molar-refractivity contribution in [2.75, 3.05) is 49.2 Å². The predicted molar refractivity (Wildman–Crippen MR) is 105 cm³/mol. The minimum absolute atomic E-state index is 0.218. The van der Waals surface area contributed by atoms with Gasteiger partial charge in [0.15, 0.2) is 11.0 Å². The molecule has 1 fully saturated rings. The normalized spacial score (nSPS) is 15.1. The Morgan fingerprint density at radius 3 is 2.74 bits per heavy atom. The minimum Gasteiger partial charge on any atom is -0.393 e. The number of hydrogen-bond donors (Lipinski definition) is 2. The van der Waals surface area contributed by atoms with Crippen molar-refractivity contribution in [3.05, 3.63) is 42.1 Å². The lowest BCUT2D eigenvalue weighted by Gasteiger charge is -2.35. The van der Waals surface area contributed by atoms with Crippen LogP contribution in [0.15, 0.2) is 30.7 Å². The van der Waals surface area contributed by atoms with E-state index in [1.165, 1.54) is 6.33 Å². The van der Waals surface area contributed by atoms with E-state index in [-0.39, 0.29) is 5.15 Å². The van der Waals surface area contributed by atoms with Gasteiger partial charge in [0.1, 0.15) is 18.2 Å². The fraction of sp³-hybridized carbons (Fsp3) is 0.294. The zero-order chi connectivity index (χ0) is 18.8. The van der Waals surface area contributed by atoms with E-state index in [0.717, 1.165) is 43.2 Å². The van der Waals surface area contributed by atoms with Crippen LogP contribution in [0, 0.1) is 6.20 Å². The predicted octanol–water partition coefficient (Wildman–Crippen LogP) is 1.59. The summed E-state index contributed by atoms with van der Waals surface area (Å²) in [7, 11) is 2.13. The van der Waals surface area contributed by atoms with Gasteiger partial charge < -0.3 is 20.9 Å². The third-order valence-electron chi connectivity index (χ3n) is 4.56. The van der Waals surface area contributed by atoms with Gasteiger partial charge in [0, 0.05) is 26.2 Å². The molecule has 0 aliphatic carbocycles. The molecule has 1 radical (unpaired) electrons. The minimum atomic E-state index is 0.218. The molecule has 3 N–H and O–H groups in total. The number of nitrogen functional groups attached to an aromatic ring is 1. The van der Waals surface area contributed by atoms with Crippen molar-refractivity contribution < 1.29 is 0 Å². The molecule has 139 valence electrons. The van der Waals surface area contributed by atoms with Gasteiger partial charge in [-0.1, -0.05) is 16.8 Å². The summed E-state index contributed by atoms with van der Waals surface area (Å²) >= 11 is 6.04. The molecule has 0 saturated carbocycles. The summed E-state index contributed by atoms with van der Waals surface area (Å²) in [6.07, 6.45) is 5.76. The zero-order valence-electron chi connectivity index (χ0n) is 14.8. The number of anilines is 4. The van der Waals surface area contributed by atoms with Crippen LogP contribution in [0.4, 0.5) is 22.9 Å². The first kappa shape index (κ1) is 17.5. The molecular formula is C17H19ClN9. The van der Waals surface area contributed by atoms with E-state index < -0.39 is 0 Å². The van der Waals surface area contributed by atoms with Gasteiger partial charge in [0.05, 0.1) is 23.3 Å². The standard InChI is InChI=1S/C17H19ClN9/c1-25-6-8-26(9-7-25)14-3-2-12(27-5-4-22-24-27)10-13(14)23-17-15(19)16(18)20-11-21-17/h2-3,5,10-11H,6-9,19H2,1H3,(H,20,21,23). The average Bonchev–Trinajstić information content (AvgIpc) is 3.21. The van der Waals surface area contributed by atoms with Crippen LogP contribution in [-0.2, 0) is 0 Å². The van der Waals surface area contributed by atoms with Crippen LogP contribution in [0.2, 0.25) is 5.15 Å². The number of nitrogens with one attached hydrogen (secondary N) is 1. The Labute approximate surface area is 161 Å². The highest BCUT2D eigenvalue weighted by atomic mass is 35.5. The number of hydrogen-bond acceptors (Lipinski definition) is 8. The highest BCUT2D eigenvalue weighted by Crippen LogP contribution is 2.33. The molecule has 3 aromatic rings. The second kappa shape index (κ2) is 7.37. The highest BCUT2D eigenvalue weighted by molar-refractivity contribution is 6.32. The Hall–Kier alpha value is -2.91. The summed E-state index contributed by atoms with van der Waals surface area (Å²) in [4.78, 5) is 12.8. The van der Waals surface area contributed by atoms with E-state index in [1.807, 2.05) is 12.1 Å². The summed E-state index contributed by atoms with van der Waals surface area (Å²) in [5.74, 6) is 0.465. The Kier molecular flexibility index (Phi) is 4.78. The Morgan fingerprint density at radius 1 is 1.19 bits per heavy atom. The van der Waals surface area contributed by atoms with Crippen molar-refractivity contribution in [1.29, 1.82) is 0 Å². The number of rotatable bonds is 4. The van der Waals surface area contributed by atoms with Gasteiger partial charge in [-0.05, 0) is 25.2 Å². The number of likely N-dealkylation sites (N-methyl/N-ethyl adjacent to an activating group) is 1. The fourth-order valence-corrected chi connectivity index (χ4v) is 3.13. The zero-order valence-corrected chi connectivity index (χ0v) is 15.6. The van der Waals surface area contributed by atoms with Crippen molar-refractivity contribution in [3.8, 4) is 5.69 Å². The second-order valence-corrected chi connectivity index (χ2v) is 6.69. The summed E-state index contributed by atoms with van der Waals surface area (Å²) in [5, 5.41) is 11.3. The number of nitrogens with two attached hydrogens (primary N) is 1. The first-order valence-electron chi connectivity index (χ1n) is 8.51. The molecule has 9 nitrogen and oxygen atoms in total. The Morgan fingerprint density at radius 2 is 2.00 bits per heavy atom. The lowest BCUT2D eigenvalue weighted by molar-refractivity contribution is 0.313. The molecule has 1 aliphatic heterocycles. The molecule has 0 atom stereocenters. The first-order chi connectivity index (χ1) is 13.1. The molecule has 0 amide bonds. The highest BCUT2D eigenvalue weighted by Gasteiger charge is 2.19. The van der Waals surface area contributed by atoms with E-state index in [1.54, 1.807) is 10.9 Å². The van der Waals surface area contributed by atoms with Crippen molar-refractivity contribution in [3.63, 3.8) is 0 Å². The van der Waals surface area contributed by atoms with Gasteiger partial charge >= 0.3 is 0 Å². The molecule has 10 heteroatoms. The van der Waals surface area contributed by atoms with Crippen LogP contribution in [0.3, 0.4) is 0 Å². The van der Waals surface area contributed by atoms with Crippen molar-refractivity contribution >= 4 is 34.5 Å². The van der Waals surface area contributed by atoms with E-state index in [4.69, 9.17) is 17.3 Å². The van der Waals surface area contributed by atoms with Crippen LogP contribution < -0.4 is 16.0 Å². The SMILES string of the molecule is CN1CCN(c2ccc(-n3c[c]nn3)cc2Nc2ncnc(Cl)c2N)CC1. The quantitative estimate of drug-likeness (QED) is 0.654. The maximum atomic E-state index is 6.04. The fourth-order valence-electron chi connectivity index (χ4n) is 3.00. The molecule has 2 aromatic heterocycles. The van der Waals surface area contributed by atoms with Gasteiger partial charge in [-0.25, -0.2) is 14.6 Å². The lowest BCUT2D eigenvalue weighted by atomic mass is 10.2. The Bertz CT molecular complexity index is 920. The number of piperazine rings is 1.